The predicted octanol–water partition coefficient (Wildman–Crippen LogP) is 0.595. The number of aromatic amines is 2. The highest BCUT2D eigenvalue weighted by Gasteiger charge is 2.28. The van der Waals surface area contributed by atoms with E-state index < -0.39 is 21.1 Å². The number of rotatable bonds is 4. The van der Waals surface area contributed by atoms with Crippen molar-refractivity contribution in [3.05, 3.63) is 74.3 Å². The minimum atomic E-state index is -3.73. The van der Waals surface area contributed by atoms with Crippen LogP contribution in [0.2, 0.25) is 0 Å². The minimum absolute atomic E-state index is 0.0678. The third kappa shape index (κ3) is 3.91. The fourth-order valence-electron chi connectivity index (χ4n) is 3.47. The number of nitrogens with one attached hydrogen (secondary N) is 2. The number of fused-ring (bicyclic) bond motifs is 1. The Hall–Kier alpha value is -3.26. The van der Waals surface area contributed by atoms with E-state index in [2.05, 4.69) is 20.9 Å². The van der Waals surface area contributed by atoms with Gasteiger partial charge in [-0.1, -0.05) is 12.1 Å². The summed E-state index contributed by atoms with van der Waals surface area (Å²) in [6, 6.07) is 13.7. The van der Waals surface area contributed by atoms with Crippen LogP contribution in [0.1, 0.15) is 11.1 Å². The fourth-order valence-corrected chi connectivity index (χ4v) is 4.92. The molecule has 0 spiro atoms. The van der Waals surface area contributed by atoms with E-state index in [0.29, 0.717) is 43.8 Å². The molecule has 9 nitrogen and oxygen atoms in total. The number of sulfonamides is 1. The second-order valence-electron chi connectivity index (χ2n) is 7.10. The maximum absolute atomic E-state index is 13.0. The molecule has 10 heteroatoms. The lowest BCUT2D eigenvalue weighted by Gasteiger charge is -2.34. The standard InChI is InChI=1S/C20H19N5O4S/c21-12-14-1-3-15(4-2-14)13-24-7-9-25(10-8-24)30(28,29)16-5-6-17-18(11-16)23-20(27)19(26)22-17/h1-6,11H,7-10,13H2,(H,22,26)(H,23,27). The average Bonchev–Trinajstić information content (AvgIpc) is 2.75. The maximum Gasteiger partial charge on any atom is 0.314 e. The van der Waals surface area contributed by atoms with Gasteiger partial charge >= 0.3 is 11.1 Å². The van der Waals surface area contributed by atoms with Crippen molar-refractivity contribution in [1.29, 1.82) is 5.26 Å². The van der Waals surface area contributed by atoms with E-state index >= 15 is 0 Å². The summed E-state index contributed by atoms with van der Waals surface area (Å²) in [6.45, 7) is 2.54. The van der Waals surface area contributed by atoms with E-state index in [1.165, 1.54) is 22.5 Å². The lowest BCUT2D eigenvalue weighted by atomic mass is 10.1. The molecule has 4 rings (SSSR count). The number of H-pyrrole nitrogens is 2. The van der Waals surface area contributed by atoms with Crippen LogP contribution in [-0.2, 0) is 16.6 Å². The second-order valence-corrected chi connectivity index (χ2v) is 9.04. The molecular weight excluding hydrogens is 406 g/mol. The van der Waals surface area contributed by atoms with Gasteiger partial charge in [0.1, 0.15) is 0 Å². The monoisotopic (exact) mass is 425 g/mol. The van der Waals surface area contributed by atoms with Crippen molar-refractivity contribution in [2.24, 2.45) is 0 Å². The topological polar surface area (TPSA) is 130 Å². The van der Waals surface area contributed by atoms with Crippen LogP contribution in [0.15, 0.2) is 56.9 Å². The number of benzene rings is 2. The molecule has 0 unspecified atom stereocenters. The Bertz CT molecular complexity index is 1340. The minimum Gasteiger partial charge on any atom is -0.316 e. The summed E-state index contributed by atoms with van der Waals surface area (Å²) >= 11 is 0. The molecule has 2 N–H and O–H groups in total. The summed E-state index contributed by atoms with van der Waals surface area (Å²) in [5.74, 6) is 0. The van der Waals surface area contributed by atoms with Crippen LogP contribution in [0.3, 0.4) is 0 Å². The summed E-state index contributed by atoms with van der Waals surface area (Å²) in [5.41, 5.74) is 0.698. The Kier molecular flexibility index (Phi) is 5.26. The molecule has 0 atom stereocenters. The van der Waals surface area contributed by atoms with Crippen LogP contribution in [0.4, 0.5) is 0 Å². The Labute approximate surface area is 172 Å². The Morgan fingerprint density at radius 1 is 0.900 bits per heavy atom. The Morgan fingerprint density at radius 3 is 2.17 bits per heavy atom. The van der Waals surface area contributed by atoms with Gasteiger partial charge in [0, 0.05) is 32.7 Å². The smallest absolute Gasteiger partial charge is 0.314 e. The Morgan fingerprint density at radius 2 is 1.53 bits per heavy atom. The maximum atomic E-state index is 13.0. The lowest BCUT2D eigenvalue weighted by Crippen LogP contribution is -2.48. The third-order valence-corrected chi connectivity index (χ3v) is 7.05. The molecule has 2 aromatic carbocycles. The van der Waals surface area contributed by atoms with Crippen molar-refractivity contribution >= 4 is 21.1 Å². The first-order chi connectivity index (χ1) is 14.4. The van der Waals surface area contributed by atoms with Crippen LogP contribution in [0.5, 0.6) is 0 Å². The number of piperazine rings is 1. The first-order valence-electron chi connectivity index (χ1n) is 9.35. The van der Waals surface area contributed by atoms with Gasteiger partial charge in [-0.2, -0.15) is 9.57 Å². The zero-order valence-electron chi connectivity index (χ0n) is 16.0. The highest BCUT2D eigenvalue weighted by molar-refractivity contribution is 7.89. The van der Waals surface area contributed by atoms with Crippen LogP contribution in [-0.4, -0.2) is 53.8 Å². The zero-order chi connectivity index (χ0) is 21.3. The van der Waals surface area contributed by atoms with Gasteiger partial charge in [0.2, 0.25) is 10.0 Å². The van der Waals surface area contributed by atoms with Gasteiger partial charge in [-0.15, -0.1) is 0 Å². The molecule has 1 fully saturated rings. The van der Waals surface area contributed by atoms with Crippen LogP contribution < -0.4 is 11.1 Å². The van der Waals surface area contributed by atoms with Crippen LogP contribution >= 0.6 is 0 Å². The highest BCUT2D eigenvalue weighted by Crippen LogP contribution is 2.21. The second kappa shape index (κ2) is 7.87. The molecule has 0 aliphatic carbocycles. The van der Waals surface area contributed by atoms with Crippen molar-refractivity contribution in [2.75, 3.05) is 26.2 Å². The van der Waals surface area contributed by atoms with E-state index in [9.17, 15) is 18.0 Å². The normalized spacial score (nSPS) is 15.8. The molecule has 0 amide bonds. The third-order valence-electron chi connectivity index (χ3n) is 5.15. The van der Waals surface area contributed by atoms with Crippen LogP contribution in [0.25, 0.3) is 11.0 Å². The SMILES string of the molecule is N#Cc1ccc(CN2CCN(S(=O)(=O)c3ccc4[nH]c(=O)c(=O)[nH]c4c3)CC2)cc1. The fraction of sp³-hybridized carbons (Fsp3) is 0.250. The quantitative estimate of drug-likeness (QED) is 0.589. The van der Waals surface area contributed by atoms with Gasteiger partial charge in [-0.05, 0) is 35.9 Å². The van der Waals surface area contributed by atoms with E-state index in [0.717, 1.165) is 5.56 Å². The summed E-state index contributed by atoms with van der Waals surface area (Å²) in [6.07, 6.45) is 0. The Balaban J connectivity index is 1.47. The predicted molar refractivity (Wildman–Crippen MR) is 110 cm³/mol. The molecule has 1 aromatic heterocycles. The summed E-state index contributed by atoms with van der Waals surface area (Å²) in [5, 5.41) is 8.88. The van der Waals surface area contributed by atoms with Gasteiger partial charge < -0.3 is 9.97 Å². The molecule has 1 saturated heterocycles. The van der Waals surface area contributed by atoms with Gasteiger partial charge in [0.25, 0.3) is 0 Å². The molecule has 3 aromatic rings. The molecule has 1 aliphatic heterocycles. The van der Waals surface area contributed by atoms with E-state index in [-0.39, 0.29) is 10.4 Å². The number of aromatic nitrogens is 2. The van der Waals surface area contributed by atoms with Crippen molar-refractivity contribution < 1.29 is 8.42 Å². The molecule has 30 heavy (non-hydrogen) atoms. The van der Waals surface area contributed by atoms with Crippen molar-refractivity contribution in [2.45, 2.75) is 11.4 Å². The first-order valence-corrected chi connectivity index (χ1v) is 10.8. The molecule has 154 valence electrons. The summed E-state index contributed by atoms with van der Waals surface area (Å²) in [4.78, 5) is 30.0. The number of nitrogens with zero attached hydrogens (tertiary/aromatic N) is 3. The molecule has 0 saturated carbocycles. The molecular formula is C20H19N5O4S. The molecule has 1 aliphatic rings. The number of nitriles is 1. The van der Waals surface area contributed by atoms with Crippen LogP contribution in [0, 0.1) is 11.3 Å². The molecule has 0 radical (unpaired) electrons. The zero-order valence-corrected chi connectivity index (χ0v) is 16.8. The highest BCUT2D eigenvalue weighted by atomic mass is 32.2. The van der Waals surface area contributed by atoms with E-state index in [4.69, 9.17) is 5.26 Å². The van der Waals surface area contributed by atoms with Gasteiger partial charge in [0.05, 0.1) is 27.6 Å². The van der Waals surface area contributed by atoms with Crippen molar-refractivity contribution in [1.82, 2.24) is 19.2 Å². The van der Waals surface area contributed by atoms with Gasteiger partial charge in [0.15, 0.2) is 0 Å². The van der Waals surface area contributed by atoms with Gasteiger partial charge in [-0.3, -0.25) is 14.5 Å². The number of hydrogen-bond donors (Lipinski definition) is 2. The average molecular weight is 425 g/mol. The molecule has 0 bridgehead atoms. The number of hydrogen-bond acceptors (Lipinski definition) is 6. The van der Waals surface area contributed by atoms with Crippen molar-refractivity contribution in [3.63, 3.8) is 0 Å². The van der Waals surface area contributed by atoms with E-state index in [1.54, 1.807) is 12.1 Å². The largest absolute Gasteiger partial charge is 0.316 e. The lowest BCUT2D eigenvalue weighted by molar-refractivity contribution is 0.181. The summed E-state index contributed by atoms with van der Waals surface area (Å²) < 4.78 is 27.5. The van der Waals surface area contributed by atoms with E-state index in [1.807, 2.05) is 12.1 Å². The van der Waals surface area contributed by atoms with Gasteiger partial charge in [-0.25, -0.2) is 8.42 Å². The first kappa shape index (κ1) is 20.0. The summed E-state index contributed by atoms with van der Waals surface area (Å²) in [7, 11) is -3.73. The molecule has 2 heterocycles. The van der Waals surface area contributed by atoms with Crippen molar-refractivity contribution in [3.8, 4) is 6.07 Å².